The van der Waals surface area contributed by atoms with Crippen molar-refractivity contribution in [3.63, 3.8) is 0 Å². The first-order chi connectivity index (χ1) is 12.9. The summed E-state index contributed by atoms with van der Waals surface area (Å²) in [6.45, 7) is 1.29. The Morgan fingerprint density at radius 3 is 2.74 bits per heavy atom. The van der Waals surface area contributed by atoms with Crippen molar-refractivity contribution in [2.45, 2.75) is 6.42 Å². The quantitative estimate of drug-likeness (QED) is 0.483. The zero-order chi connectivity index (χ0) is 19.6. The average molecular weight is 406 g/mol. The largest absolute Gasteiger partial charge is 0.494 e. The molecule has 0 aliphatic rings. The minimum Gasteiger partial charge on any atom is -0.494 e. The fraction of sp³-hybridized carbons (Fsp3) is 0.263. The Balaban J connectivity index is 2.00. The molecule has 2 N–H and O–H groups in total. The van der Waals surface area contributed by atoms with Crippen molar-refractivity contribution in [3.8, 4) is 5.88 Å². The predicted octanol–water partition coefficient (Wildman–Crippen LogP) is 3.80. The van der Waals surface area contributed by atoms with E-state index in [9.17, 15) is 14.7 Å². The van der Waals surface area contributed by atoms with E-state index in [-0.39, 0.29) is 17.2 Å². The fourth-order valence-electron chi connectivity index (χ4n) is 2.88. The molecule has 0 aliphatic carbocycles. The summed E-state index contributed by atoms with van der Waals surface area (Å²) < 4.78 is 1.13. The van der Waals surface area contributed by atoms with Crippen LogP contribution < -0.4 is 5.32 Å². The van der Waals surface area contributed by atoms with Crippen molar-refractivity contribution in [2.75, 3.05) is 27.2 Å². The van der Waals surface area contributed by atoms with Gasteiger partial charge >= 0.3 is 6.03 Å². The topological polar surface area (TPSA) is 74.6 Å². The molecule has 6 nitrogen and oxygen atoms in total. The number of rotatable bonds is 6. The molecule has 1 amide bonds. The van der Waals surface area contributed by atoms with Crippen molar-refractivity contribution in [2.24, 2.45) is 0 Å². The zero-order valence-electron chi connectivity index (χ0n) is 15.0. The highest BCUT2D eigenvalue weighted by molar-refractivity contribution is 7.12. The van der Waals surface area contributed by atoms with Gasteiger partial charge in [-0.05, 0) is 56.7 Å². The van der Waals surface area contributed by atoms with Gasteiger partial charge in [0.2, 0.25) is 11.7 Å². The van der Waals surface area contributed by atoms with Gasteiger partial charge in [-0.2, -0.15) is 0 Å². The highest BCUT2D eigenvalue weighted by Crippen LogP contribution is 2.35. The number of ketones is 1. The van der Waals surface area contributed by atoms with Crippen LogP contribution in [0.1, 0.15) is 21.7 Å². The van der Waals surface area contributed by atoms with Gasteiger partial charge in [0.25, 0.3) is 0 Å². The molecule has 3 aromatic rings. The van der Waals surface area contributed by atoms with Crippen LogP contribution in [-0.2, 0) is 0 Å². The van der Waals surface area contributed by atoms with Crippen LogP contribution in [0.3, 0.4) is 0 Å². The van der Waals surface area contributed by atoms with Crippen LogP contribution in [0.25, 0.3) is 10.9 Å². The van der Waals surface area contributed by atoms with Crippen molar-refractivity contribution in [3.05, 3.63) is 51.2 Å². The highest BCUT2D eigenvalue weighted by Gasteiger charge is 2.26. The Labute approximate surface area is 166 Å². The SMILES string of the molecule is CN(C)CCCNC(=O)n1c(O)c(C(=O)c2cccs2)c2cc(Cl)ccc21. The number of fused-ring (bicyclic) bond motifs is 1. The van der Waals surface area contributed by atoms with Gasteiger partial charge in [-0.3, -0.25) is 4.79 Å². The molecule has 142 valence electrons. The zero-order valence-corrected chi connectivity index (χ0v) is 16.6. The number of hydrogen-bond donors (Lipinski definition) is 2. The van der Waals surface area contributed by atoms with E-state index in [1.165, 1.54) is 11.3 Å². The van der Waals surface area contributed by atoms with Gasteiger partial charge in [0.15, 0.2) is 0 Å². The normalized spacial score (nSPS) is 11.3. The molecule has 27 heavy (non-hydrogen) atoms. The number of aromatic hydroxyl groups is 1. The summed E-state index contributed by atoms with van der Waals surface area (Å²) in [5.41, 5.74) is 0.514. The Hall–Kier alpha value is -2.35. The highest BCUT2D eigenvalue weighted by atomic mass is 35.5. The van der Waals surface area contributed by atoms with Crippen LogP contribution in [0.2, 0.25) is 5.02 Å². The number of aromatic nitrogens is 1. The predicted molar refractivity (Wildman–Crippen MR) is 108 cm³/mol. The average Bonchev–Trinajstić information content (AvgIpc) is 3.23. The number of halogens is 1. The Morgan fingerprint density at radius 2 is 2.07 bits per heavy atom. The second-order valence-corrected chi connectivity index (χ2v) is 7.77. The number of thiophene rings is 1. The van der Waals surface area contributed by atoms with E-state index in [1.54, 1.807) is 35.7 Å². The second-order valence-electron chi connectivity index (χ2n) is 6.39. The smallest absolute Gasteiger partial charge is 0.328 e. The lowest BCUT2D eigenvalue weighted by Crippen LogP contribution is -2.30. The second kappa shape index (κ2) is 8.12. The Morgan fingerprint density at radius 1 is 1.30 bits per heavy atom. The van der Waals surface area contributed by atoms with Gasteiger partial charge in [-0.1, -0.05) is 17.7 Å². The van der Waals surface area contributed by atoms with E-state index < -0.39 is 6.03 Å². The molecule has 0 radical (unpaired) electrons. The molecule has 0 aliphatic heterocycles. The molecule has 0 atom stereocenters. The third-order valence-electron chi connectivity index (χ3n) is 4.14. The molecular weight excluding hydrogens is 386 g/mol. The molecule has 0 unspecified atom stereocenters. The number of carbonyl (C=O) groups excluding carboxylic acids is 2. The first-order valence-electron chi connectivity index (χ1n) is 8.44. The maximum atomic E-state index is 12.9. The molecule has 0 bridgehead atoms. The van der Waals surface area contributed by atoms with Gasteiger partial charge in [0.1, 0.15) is 0 Å². The van der Waals surface area contributed by atoms with Crippen LogP contribution in [0.5, 0.6) is 5.88 Å². The van der Waals surface area contributed by atoms with Crippen LogP contribution in [-0.4, -0.2) is 53.6 Å². The lowest BCUT2D eigenvalue weighted by Gasteiger charge is -2.11. The summed E-state index contributed by atoms with van der Waals surface area (Å²) in [5.74, 6) is -0.718. The Kier molecular flexibility index (Phi) is 5.84. The molecule has 1 aromatic carbocycles. The van der Waals surface area contributed by atoms with E-state index in [1.807, 2.05) is 19.0 Å². The molecule has 8 heteroatoms. The van der Waals surface area contributed by atoms with Crippen LogP contribution in [0.15, 0.2) is 35.7 Å². The third-order valence-corrected chi connectivity index (χ3v) is 5.24. The maximum Gasteiger partial charge on any atom is 0.328 e. The fourth-order valence-corrected chi connectivity index (χ4v) is 3.72. The molecule has 0 saturated carbocycles. The lowest BCUT2D eigenvalue weighted by molar-refractivity contribution is 0.104. The number of carbonyl (C=O) groups is 2. The molecule has 0 spiro atoms. The molecule has 2 heterocycles. The number of nitrogens with zero attached hydrogens (tertiary/aromatic N) is 2. The third kappa shape index (κ3) is 4.00. The van der Waals surface area contributed by atoms with Gasteiger partial charge in [-0.25, -0.2) is 9.36 Å². The lowest BCUT2D eigenvalue weighted by atomic mass is 10.1. The standard InChI is InChI=1S/C19H20ClN3O3S/c1-22(2)9-4-8-21-19(26)23-14-7-6-12(20)11-13(14)16(18(23)25)17(24)15-5-3-10-27-15/h3,5-7,10-11,25H,4,8-9H2,1-2H3,(H,21,26). The van der Waals surface area contributed by atoms with E-state index in [2.05, 4.69) is 5.32 Å². The number of nitrogens with one attached hydrogen (secondary N) is 1. The number of benzene rings is 1. The molecule has 0 saturated heterocycles. The minimum atomic E-state index is -0.483. The molecular formula is C19H20ClN3O3S. The van der Waals surface area contributed by atoms with Crippen molar-refractivity contribution in [1.29, 1.82) is 0 Å². The summed E-state index contributed by atoms with van der Waals surface area (Å²) in [4.78, 5) is 28.1. The van der Waals surface area contributed by atoms with E-state index >= 15 is 0 Å². The summed E-state index contributed by atoms with van der Waals surface area (Å²) >= 11 is 7.37. The van der Waals surface area contributed by atoms with E-state index in [0.29, 0.717) is 27.3 Å². The Bertz CT molecular complexity index is 980. The first kappa shape index (κ1) is 19.4. The first-order valence-corrected chi connectivity index (χ1v) is 9.70. The number of amides is 1. The number of hydrogen-bond acceptors (Lipinski definition) is 5. The molecule has 0 fully saturated rings. The van der Waals surface area contributed by atoms with Crippen LogP contribution in [0, 0.1) is 0 Å². The minimum absolute atomic E-state index is 0.0818. The van der Waals surface area contributed by atoms with Gasteiger partial charge in [-0.15, -0.1) is 11.3 Å². The monoisotopic (exact) mass is 405 g/mol. The van der Waals surface area contributed by atoms with Crippen molar-refractivity contribution < 1.29 is 14.7 Å². The van der Waals surface area contributed by atoms with Gasteiger partial charge in [0, 0.05) is 17.0 Å². The molecule has 3 rings (SSSR count). The van der Waals surface area contributed by atoms with Crippen LogP contribution >= 0.6 is 22.9 Å². The van der Waals surface area contributed by atoms with Crippen LogP contribution in [0.4, 0.5) is 4.79 Å². The maximum absolute atomic E-state index is 12.9. The van der Waals surface area contributed by atoms with Crippen molar-refractivity contribution in [1.82, 2.24) is 14.8 Å². The summed E-state index contributed by atoms with van der Waals surface area (Å²) in [7, 11) is 3.92. The van der Waals surface area contributed by atoms with E-state index in [4.69, 9.17) is 11.6 Å². The summed E-state index contributed by atoms with van der Waals surface area (Å²) in [6.07, 6.45) is 0.769. The van der Waals surface area contributed by atoms with Gasteiger partial charge < -0.3 is 15.3 Å². The summed E-state index contributed by atoms with van der Waals surface area (Å²) in [6, 6.07) is 7.80. The van der Waals surface area contributed by atoms with Gasteiger partial charge in [0.05, 0.1) is 16.0 Å². The van der Waals surface area contributed by atoms with Crippen molar-refractivity contribution >= 4 is 45.7 Å². The van der Waals surface area contributed by atoms with E-state index in [0.717, 1.165) is 17.5 Å². The molecule has 2 aromatic heterocycles. The summed E-state index contributed by atoms with van der Waals surface area (Å²) in [5, 5.41) is 16.2.